The highest BCUT2D eigenvalue weighted by Gasteiger charge is 2.30. The predicted octanol–water partition coefficient (Wildman–Crippen LogP) is 2.94. The summed E-state index contributed by atoms with van der Waals surface area (Å²) in [7, 11) is 0. The lowest BCUT2D eigenvalue weighted by Crippen LogP contribution is -2.25. The van der Waals surface area contributed by atoms with Gasteiger partial charge in [0.2, 0.25) is 11.8 Å². The number of nitrogens with zero attached hydrogens (tertiary/aromatic N) is 3. The molecule has 1 heterocycles. The van der Waals surface area contributed by atoms with E-state index in [0.29, 0.717) is 30.9 Å². The van der Waals surface area contributed by atoms with Crippen LogP contribution in [0.3, 0.4) is 0 Å². The van der Waals surface area contributed by atoms with E-state index in [1.165, 1.54) is 6.07 Å². The third-order valence-electron chi connectivity index (χ3n) is 3.54. The monoisotopic (exact) mass is 275 g/mol. The average molecular weight is 275 g/mol. The zero-order valence-electron chi connectivity index (χ0n) is 11.6. The number of aromatic nitrogens is 2. The fraction of sp³-hybridized carbons (Fsp3) is 0.467. The van der Waals surface area contributed by atoms with Crippen LogP contribution >= 0.6 is 0 Å². The summed E-state index contributed by atoms with van der Waals surface area (Å²) in [4.78, 5) is 2.21. The molecule has 0 spiro atoms. The largest absolute Gasteiger partial charge is 0.424 e. The fourth-order valence-corrected chi connectivity index (χ4v) is 2.27. The Kier molecular flexibility index (Phi) is 3.78. The predicted molar refractivity (Wildman–Crippen MR) is 72.3 cm³/mol. The Morgan fingerprint density at radius 3 is 2.60 bits per heavy atom. The van der Waals surface area contributed by atoms with E-state index in [-0.39, 0.29) is 5.82 Å². The molecular weight excluding hydrogens is 257 g/mol. The molecule has 4 nitrogen and oxygen atoms in total. The summed E-state index contributed by atoms with van der Waals surface area (Å²) < 4.78 is 19.3. The lowest BCUT2D eigenvalue weighted by atomic mass is 10.2. The van der Waals surface area contributed by atoms with E-state index in [0.717, 1.165) is 24.8 Å². The molecule has 1 aliphatic rings. The molecule has 0 radical (unpaired) electrons. The van der Waals surface area contributed by atoms with Crippen LogP contribution < -0.4 is 0 Å². The number of hydrogen-bond donors (Lipinski definition) is 0. The van der Waals surface area contributed by atoms with Gasteiger partial charge in [-0.05, 0) is 18.9 Å². The summed E-state index contributed by atoms with van der Waals surface area (Å²) in [5, 5.41) is 8.02. The molecule has 1 saturated carbocycles. The third-order valence-corrected chi connectivity index (χ3v) is 3.54. The Labute approximate surface area is 117 Å². The molecule has 20 heavy (non-hydrogen) atoms. The highest BCUT2D eigenvalue weighted by molar-refractivity contribution is 5.17. The van der Waals surface area contributed by atoms with E-state index in [4.69, 9.17) is 4.42 Å². The molecule has 2 aromatic rings. The second-order valence-electron chi connectivity index (χ2n) is 5.17. The maximum Gasteiger partial charge on any atom is 0.230 e. The first-order chi connectivity index (χ1) is 9.76. The van der Waals surface area contributed by atoms with Crippen molar-refractivity contribution in [2.75, 3.05) is 0 Å². The highest BCUT2D eigenvalue weighted by atomic mass is 19.1. The standard InChI is InChI=1S/C15H18FN3O/c1-2-14-17-18-15(20-14)10-19(12-7-8-12)9-11-5-3-4-6-13(11)16/h3-6,12H,2,7-10H2,1H3. The van der Waals surface area contributed by atoms with Crippen LogP contribution in [0.5, 0.6) is 0 Å². The minimum atomic E-state index is -0.155. The number of aryl methyl sites for hydroxylation is 1. The van der Waals surface area contributed by atoms with Crippen LogP contribution in [-0.2, 0) is 19.5 Å². The highest BCUT2D eigenvalue weighted by Crippen LogP contribution is 2.30. The molecule has 0 N–H and O–H groups in total. The molecule has 0 unspecified atom stereocenters. The molecule has 1 aliphatic carbocycles. The molecule has 5 heteroatoms. The minimum Gasteiger partial charge on any atom is -0.424 e. The molecule has 0 saturated heterocycles. The van der Waals surface area contributed by atoms with Crippen molar-refractivity contribution in [1.82, 2.24) is 15.1 Å². The zero-order valence-corrected chi connectivity index (χ0v) is 11.6. The number of rotatable bonds is 6. The van der Waals surface area contributed by atoms with Crippen molar-refractivity contribution in [3.8, 4) is 0 Å². The average Bonchev–Trinajstić information content (AvgIpc) is 3.21. The minimum absolute atomic E-state index is 0.155. The molecule has 1 aromatic carbocycles. The van der Waals surface area contributed by atoms with Gasteiger partial charge >= 0.3 is 0 Å². The van der Waals surface area contributed by atoms with E-state index in [2.05, 4.69) is 15.1 Å². The first kappa shape index (κ1) is 13.2. The van der Waals surface area contributed by atoms with Gasteiger partial charge in [0, 0.05) is 24.6 Å². The van der Waals surface area contributed by atoms with E-state index >= 15 is 0 Å². The lowest BCUT2D eigenvalue weighted by molar-refractivity contribution is 0.216. The Bertz CT molecular complexity index is 580. The van der Waals surface area contributed by atoms with Crippen molar-refractivity contribution in [2.24, 2.45) is 0 Å². The van der Waals surface area contributed by atoms with Gasteiger partial charge in [0.05, 0.1) is 6.54 Å². The Balaban J connectivity index is 1.71. The topological polar surface area (TPSA) is 42.2 Å². The molecule has 0 amide bonds. The summed E-state index contributed by atoms with van der Waals surface area (Å²) in [6.45, 7) is 3.16. The third kappa shape index (κ3) is 3.04. The van der Waals surface area contributed by atoms with E-state index in [1.807, 2.05) is 19.1 Å². The number of halogens is 1. The van der Waals surface area contributed by atoms with Crippen LogP contribution in [-0.4, -0.2) is 21.1 Å². The van der Waals surface area contributed by atoms with Crippen LogP contribution in [0.1, 0.15) is 37.1 Å². The zero-order chi connectivity index (χ0) is 13.9. The van der Waals surface area contributed by atoms with Crippen molar-refractivity contribution in [3.63, 3.8) is 0 Å². The second kappa shape index (κ2) is 5.71. The Morgan fingerprint density at radius 2 is 1.95 bits per heavy atom. The fourth-order valence-electron chi connectivity index (χ4n) is 2.27. The lowest BCUT2D eigenvalue weighted by Gasteiger charge is -2.20. The normalized spacial score (nSPS) is 14.9. The van der Waals surface area contributed by atoms with Gasteiger partial charge in [-0.3, -0.25) is 4.90 Å². The van der Waals surface area contributed by atoms with Crippen molar-refractivity contribution in [1.29, 1.82) is 0 Å². The molecule has 106 valence electrons. The maximum absolute atomic E-state index is 13.8. The summed E-state index contributed by atoms with van der Waals surface area (Å²) in [5.74, 6) is 1.12. The van der Waals surface area contributed by atoms with Gasteiger partial charge in [-0.15, -0.1) is 10.2 Å². The Morgan fingerprint density at radius 1 is 1.20 bits per heavy atom. The summed E-state index contributed by atoms with van der Waals surface area (Å²) >= 11 is 0. The van der Waals surface area contributed by atoms with Crippen LogP contribution in [0, 0.1) is 5.82 Å². The van der Waals surface area contributed by atoms with E-state index in [1.54, 1.807) is 6.07 Å². The molecule has 0 bridgehead atoms. The second-order valence-corrected chi connectivity index (χ2v) is 5.17. The smallest absolute Gasteiger partial charge is 0.230 e. The molecule has 1 aromatic heterocycles. The van der Waals surface area contributed by atoms with Gasteiger partial charge in [0.15, 0.2) is 0 Å². The van der Waals surface area contributed by atoms with Gasteiger partial charge in [-0.2, -0.15) is 0 Å². The molecule has 3 rings (SSSR count). The van der Waals surface area contributed by atoms with Crippen molar-refractivity contribution in [3.05, 3.63) is 47.4 Å². The SMILES string of the molecule is CCc1nnc(CN(Cc2ccccc2F)C2CC2)o1. The van der Waals surface area contributed by atoms with Gasteiger partial charge in [0.25, 0.3) is 0 Å². The van der Waals surface area contributed by atoms with Gasteiger partial charge in [0.1, 0.15) is 5.82 Å². The van der Waals surface area contributed by atoms with Crippen LogP contribution in [0.25, 0.3) is 0 Å². The van der Waals surface area contributed by atoms with Gasteiger partial charge in [-0.1, -0.05) is 25.1 Å². The first-order valence-corrected chi connectivity index (χ1v) is 7.05. The van der Waals surface area contributed by atoms with Crippen LogP contribution in [0.2, 0.25) is 0 Å². The van der Waals surface area contributed by atoms with Gasteiger partial charge < -0.3 is 4.42 Å². The molecule has 1 fully saturated rings. The van der Waals surface area contributed by atoms with Gasteiger partial charge in [-0.25, -0.2) is 4.39 Å². The van der Waals surface area contributed by atoms with Crippen LogP contribution in [0.15, 0.2) is 28.7 Å². The summed E-state index contributed by atoms with van der Waals surface area (Å²) in [6, 6.07) is 7.42. The molecular formula is C15H18FN3O. The van der Waals surface area contributed by atoms with E-state index < -0.39 is 0 Å². The van der Waals surface area contributed by atoms with Crippen molar-refractivity contribution >= 4 is 0 Å². The first-order valence-electron chi connectivity index (χ1n) is 7.05. The summed E-state index contributed by atoms with van der Waals surface area (Å²) in [5.41, 5.74) is 0.717. The summed E-state index contributed by atoms with van der Waals surface area (Å²) in [6.07, 6.45) is 3.05. The maximum atomic E-state index is 13.8. The molecule has 0 aliphatic heterocycles. The molecule has 0 atom stereocenters. The van der Waals surface area contributed by atoms with Crippen LogP contribution in [0.4, 0.5) is 4.39 Å². The number of hydrogen-bond acceptors (Lipinski definition) is 4. The van der Waals surface area contributed by atoms with Crippen molar-refractivity contribution < 1.29 is 8.81 Å². The number of benzene rings is 1. The van der Waals surface area contributed by atoms with E-state index in [9.17, 15) is 4.39 Å². The van der Waals surface area contributed by atoms with Crippen molar-refractivity contribution in [2.45, 2.75) is 45.3 Å². The Hall–Kier alpha value is -1.75. The quantitative estimate of drug-likeness (QED) is 0.813.